The van der Waals surface area contributed by atoms with Crippen LogP contribution in [0.25, 0.3) is 0 Å². The van der Waals surface area contributed by atoms with Crippen molar-refractivity contribution in [2.45, 2.75) is 19.4 Å². The number of furan rings is 1. The Kier molecular flexibility index (Phi) is 2.50. The first-order valence-electron chi connectivity index (χ1n) is 3.70. The lowest BCUT2D eigenvalue weighted by molar-refractivity contribution is -0.119. The van der Waals surface area contributed by atoms with Crippen LogP contribution in [-0.4, -0.2) is 11.9 Å². The van der Waals surface area contributed by atoms with Gasteiger partial charge in [-0.3, -0.25) is 4.79 Å². The number of nitrogens with two attached hydrogens (primary N) is 2. The minimum absolute atomic E-state index is 0.364. The Morgan fingerprint density at radius 1 is 1.67 bits per heavy atom. The van der Waals surface area contributed by atoms with Crippen LogP contribution in [0.1, 0.15) is 11.5 Å². The van der Waals surface area contributed by atoms with E-state index in [-0.39, 0.29) is 0 Å². The van der Waals surface area contributed by atoms with Crippen molar-refractivity contribution in [3.05, 3.63) is 23.7 Å². The van der Waals surface area contributed by atoms with E-state index < -0.39 is 11.9 Å². The standard InChI is InChI=1S/C8H12N2O2/c1-5-2-3-6(12-5)4-7(9)8(10)11/h2-3,7H,4,9H2,1H3,(H2,10,11). The molecular weight excluding hydrogens is 156 g/mol. The summed E-state index contributed by atoms with van der Waals surface area (Å²) in [6.45, 7) is 1.83. The highest BCUT2D eigenvalue weighted by molar-refractivity contribution is 5.79. The summed E-state index contributed by atoms with van der Waals surface area (Å²) in [5.74, 6) is 0.990. The van der Waals surface area contributed by atoms with Gasteiger partial charge in [-0.1, -0.05) is 0 Å². The van der Waals surface area contributed by atoms with Crippen molar-refractivity contribution in [1.82, 2.24) is 0 Å². The first-order valence-corrected chi connectivity index (χ1v) is 3.70. The molecular formula is C8H12N2O2. The fourth-order valence-electron chi connectivity index (χ4n) is 0.912. The van der Waals surface area contributed by atoms with Gasteiger partial charge in [0, 0.05) is 6.42 Å². The maximum absolute atomic E-state index is 10.6. The van der Waals surface area contributed by atoms with E-state index in [1.54, 1.807) is 6.07 Å². The first kappa shape index (κ1) is 8.80. The van der Waals surface area contributed by atoms with Gasteiger partial charge in [-0.25, -0.2) is 0 Å². The number of amides is 1. The number of rotatable bonds is 3. The average Bonchev–Trinajstić information content (AvgIpc) is 2.35. The molecule has 0 spiro atoms. The average molecular weight is 168 g/mol. The van der Waals surface area contributed by atoms with Gasteiger partial charge in [0.2, 0.25) is 5.91 Å². The Morgan fingerprint density at radius 2 is 2.33 bits per heavy atom. The zero-order chi connectivity index (χ0) is 9.14. The van der Waals surface area contributed by atoms with E-state index in [9.17, 15) is 4.79 Å². The number of carbonyl (C=O) groups is 1. The molecule has 0 saturated carbocycles. The van der Waals surface area contributed by atoms with E-state index in [1.807, 2.05) is 13.0 Å². The van der Waals surface area contributed by atoms with Gasteiger partial charge in [-0.2, -0.15) is 0 Å². The van der Waals surface area contributed by atoms with Crippen LogP contribution < -0.4 is 11.5 Å². The summed E-state index contributed by atoms with van der Waals surface area (Å²) in [4.78, 5) is 10.6. The third-order valence-corrected chi connectivity index (χ3v) is 1.58. The molecule has 4 N–H and O–H groups in total. The molecule has 0 fully saturated rings. The molecule has 0 aliphatic rings. The van der Waals surface area contributed by atoms with E-state index in [4.69, 9.17) is 15.9 Å². The fourth-order valence-corrected chi connectivity index (χ4v) is 0.912. The van der Waals surface area contributed by atoms with Gasteiger partial charge in [0.25, 0.3) is 0 Å². The normalized spacial score (nSPS) is 12.8. The molecule has 0 radical (unpaired) electrons. The van der Waals surface area contributed by atoms with Crippen molar-refractivity contribution in [3.8, 4) is 0 Å². The minimum atomic E-state index is -0.657. The second-order valence-electron chi connectivity index (χ2n) is 2.73. The van der Waals surface area contributed by atoms with Crippen molar-refractivity contribution >= 4 is 5.91 Å². The lowest BCUT2D eigenvalue weighted by atomic mass is 10.2. The van der Waals surface area contributed by atoms with Crippen LogP contribution in [0.3, 0.4) is 0 Å². The molecule has 0 aliphatic heterocycles. The van der Waals surface area contributed by atoms with Crippen molar-refractivity contribution in [3.63, 3.8) is 0 Å². The molecule has 1 unspecified atom stereocenters. The summed E-state index contributed by atoms with van der Waals surface area (Å²) in [6, 6.07) is 2.96. The van der Waals surface area contributed by atoms with Crippen LogP contribution in [0.5, 0.6) is 0 Å². The Labute approximate surface area is 70.5 Å². The van der Waals surface area contributed by atoms with Crippen molar-refractivity contribution in [2.24, 2.45) is 11.5 Å². The molecule has 1 aromatic rings. The third-order valence-electron chi connectivity index (χ3n) is 1.58. The summed E-state index contributed by atoms with van der Waals surface area (Å²) >= 11 is 0. The van der Waals surface area contributed by atoms with Gasteiger partial charge in [0.1, 0.15) is 11.5 Å². The van der Waals surface area contributed by atoms with E-state index in [2.05, 4.69) is 0 Å². The van der Waals surface area contributed by atoms with Crippen molar-refractivity contribution in [2.75, 3.05) is 0 Å². The topological polar surface area (TPSA) is 82.2 Å². The molecule has 4 nitrogen and oxygen atoms in total. The number of aryl methyl sites for hydroxylation is 1. The fraction of sp³-hybridized carbons (Fsp3) is 0.375. The molecule has 0 bridgehead atoms. The van der Waals surface area contributed by atoms with Crippen LogP contribution in [0.4, 0.5) is 0 Å². The van der Waals surface area contributed by atoms with E-state index in [1.165, 1.54) is 0 Å². The summed E-state index contributed by atoms with van der Waals surface area (Å²) in [6.07, 6.45) is 0.364. The number of primary amides is 1. The molecule has 66 valence electrons. The van der Waals surface area contributed by atoms with Crippen LogP contribution in [-0.2, 0) is 11.2 Å². The highest BCUT2D eigenvalue weighted by Gasteiger charge is 2.11. The zero-order valence-electron chi connectivity index (χ0n) is 6.91. The van der Waals surface area contributed by atoms with E-state index >= 15 is 0 Å². The third kappa shape index (κ3) is 2.10. The van der Waals surface area contributed by atoms with E-state index in [0.717, 1.165) is 5.76 Å². The number of hydrogen-bond acceptors (Lipinski definition) is 3. The summed E-state index contributed by atoms with van der Waals surface area (Å²) in [5, 5.41) is 0. The summed E-state index contributed by atoms with van der Waals surface area (Å²) < 4.78 is 5.22. The van der Waals surface area contributed by atoms with Gasteiger partial charge in [-0.15, -0.1) is 0 Å². The maximum Gasteiger partial charge on any atom is 0.234 e. The predicted molar refractivity (Wildman–Crippen MR) is 44.3 cm³/mol. The molecule has 1 aromatic heterocycles. The molecule has 1 heterocycles. The molecule has 12 heavy (non-hydrogen) atoms. The maximum atomic E-state index is 10.6. The lowest BCUT2D eigenvalue weighted by Crippen LogP contribution is -2.37. The van der Waals surface area contributed by atoms with E-state index in [0.29, 0.717) is 12.2 Å². The van der Waals surface area contributed by atoms with Crippen LogP contribution in [0, 0.1) is 6.92 Å². The van der Waals surface area contributed by atoms with Gasteiger partial charge in [0.15, 0.2) is 0 Å². The molecule has 1 amide bonds. The van der Waals surface area contributed by atoms with Crippen molar-refractivity contribution < 1.29 is 9.21 Å². The molecule has 1 rings (SSSR count). The molecule has 0 saturated heterocycles. The molecule has 0 aromatic carbocycles. The molecule has 4 heteroatoms. The highest BCUT2D eigenvalue weighted by Crippen LogP contribution is 2.07. The Balaban J connectivity index is 2.58. The van der Waals surface area contributed by atoms with Crippen molar-refractivity contribution in [1.29, 1.82) is 0 Å². The second-order valence-corrected chi connectivity index (χ2v) is 2.73. The minimum Gasteiger partial charge on any atom is -0.466 e. The highest BCUT2D eigenvalue weighted by atomic mass is 16.3. The van der Waals surface area contributed by atoms with Crippen LogP contribution >= 0.6 is 0 Å². The van der Waals surface area contributed by atoms with Gasteiger partial charge >= 0.3 is 0 Å². The van der Waals surface area contributed by atoms with Gasteiger partial charge in [-0.05, 0) is 19.1 Å². The number of carbonyl (C=O) groups excluding carboxylic acids is 1. The molecule has 0 aliphatic carbocycles. The monoisotopic (exact) mass is 168 g/mol. The number of hydrogen-bond donors (Lipinski definition) is 2. The lowest BCUT2D eigenvalue weighted by Gasteiger charge is -2.03. The first-order chi connectivity index (χ1) is 5.59. The van der Waals surface area contributed by atoms with Crippen LogP contribution in [0.2, 0.25) is 0 Å². The Hall–Kier alpha value is -1.29. The smallest absolute Gasteiger partial charge is 0.234 e. The molecule has 1 atom stereocenters. The second kappa shape index (κ2) is 3.40. The quantitative estimate of drug-likeness (QED) is 0.663. The van der Waals surface area contributed by atoms with Gasteiger partial charge in [0.05, 0.1) is 6.04 Å². The predicted octanol–water partition coefficient (Wildman–Crippen LogP) is -0.0569. The zero-order valence-corrected chi connectivity index (χ0v) is 6.91. The largest absolute Gasteiger partial charge is 0.466 e. The SMILES string of the molecule is Cc1ccc(CC(N)C(N)=O)o1. The van der Waals surface area contributed by atoms with Crippen LogP contribution in [0.15, 0.2) is 16.5 Å². The Morgan fingerprint density at radius 3 is 2.75 bits per heavy atom. The Bertz CT molecular complexity index is 280. The summed E-state index contributed by atoms with van der Waals surface area (Å²) in [7, 11) is 0. The summed E-state index contributed by atoms with van der Waals surface area (Å²) in [5.41, 5.74) is 10.4. The van der Waals surface area contributed by atoms with Gasteiger partial charge < -0.3 is 15.9 Å².